The maximum absolute atomic E-state index is 3.66. The molecule has 0 unspecified atom stereocenters. The maximum atomic E-state index is 3.66. The van der Waals surface area contributed by atoms with Crippen molar-refractivity contribution in [3.63, 3.8) is 0 Å². The van der Waals surface area contributed by atoms with Crippen LogP contribution in [0.15, 0.2) is 0 Å². The van der Waals surface area contributed by atoms with Crippen LogP contribution in [-0.4, -0.2) is 62.2 Å². The molecule has 1 aliphatic heterocycles. The molecule has 2 rings (SSSR count). The maximum Gasteiger partial charge on any atom is 0.0109 e. The van der Waals surface area contributed by atoms with Gasteiger partial charge in [0, 0.05) is 32.2 Å². The average Bonchev–Trinajstić information content (AvgIpc) is 2.99. The van der Waals surface area contributed by atoms with Crippen LogP contribution in [0.3, 0.4) is 0 Å². The van der Waals surface area contributed by atoms with E-state index in [1.807, 2.05) is 0 Å². The van der Waals surface area contributed by atoms with Crippen molar-refractivity contribution in [1.29, 1.82) is 0 Å². The molecular formula is C15H31N3. The third-order valence-electron chi connectivity index (χ3n) is 4.14. The lowest BCUT2D eigenvalue weighted by atomic mass is 9.92. The first-order valence-corrected chi connectivity index (χ1v) is 7.69. The second kappa shape index (κ2) is 6.36. The van der Waals surface area contributed by atoms with Crippen LogP contribution in [0, 0.1) is 5.41 Å². The molecule has 18 heavy (non-hydrogen) atoms. The minimum atomic E-state index is 0.391. The van der Waals surface area contributed by atoms with E-state index in [1.165, 1.54) is 58.4 Å². The highest BCUT2D eigenvalue weighted by Gasteiger charge is 2.26. The lowest BCUT2D eigenvalue weighted by molar-refractivity contribution is 0.183. The molecule has 1 heterocycles. The first kappa shape index (κ1) is 14.3. The van der Waals surface area contributed by atoms with Gasteiger partial charge in [-0.05, 0) is 51.2 Å². The number of nitrogens with zero attached hydrogens (tertiary/aromatic N) is 2. The third-order valence-corrected chi connectivity index (χ3v) is 4.14. The van der Waals surface area contributed by atoms with Crippen LogP contribution in [0.5, 0.6) is 0 Å². The van der Waals surface area contributed by atoms with Crippen molar-refractivity contribution in [3.05, 3.63) is 0 Å². The van der Waals surface area contributed by atoms with Crippen LogP contribution < -0.4 is 5.32 Å². The van der Waals surface area contributed by atoms with Gasteiger partial charge in [-0.25, -0.2) is 0 Å². The zero-order chi connectivity index (χ0) is 13.0. The molecule has 1 saturated heterocycles. The van der Waals surface area contributed by atoms with Crippen LogP contribution in [0.1, 0.15) is 39.5 Å². The van der Waals surface area contributed by atoms with Crippen molar-refractivity contribution in [2.45, 2.75) is 45.6 Å². The second-order valence-electron chi connectivity index (χ2n) is 7.11. The predicted octanol–water partition coefficient (Wildman–Crippen LogP) is 1.79. The Morgan fingerprint density at radius 1 is 1.22 bits per heavy atom. The van der Waals surface area contributed by atoms with Gasteiger partial charge in [-0.15, -0.1) is 0 Å². The Labute approximate surface area is 113 Å². The second-order valence-corrected chi connectivity index (χ2v) is 7.11. The molecule has 0 amide bonds. The first-order chi connectivity index (χ1) is 8.55. The topological polar surface area (TPSA) is 18.5 Å². The normalized spacial score (nSPS) is 22.0. The molecule has 0 aromatic rings. The zero-order valence-corrected chi connectivity index (χ0v) is 12.5. The summed E-state index contributed by atoms with van der Waals surface area (Å²) >= 11 is 0. The van der Waals surface area contributed by atoms with Crippen LogP contribution >= 0.6 is 0 Å². The summed E-state index contributed by atoms with van der Waals surface area (Å²) < 4.78 is 0. The van der Waals surface area contributed by atoms with E-state index in [1.54, 1.807) is 0 Å². The van der Waals surface area contributed by atoms with Gasteiger partial charge in [-0.3, -0.25) is 0 Å². The van der Waals surface area contributed by atoms with Gasteiger partial charge in [-0.2, -0.15) is 0 Å². The summed E-state index contributed by atoms with van der Waals surface area (Å²) in [5.41, 5.74) is 0.391. The van der Waals surface area contributed by atoms with Crippen molar-refractivity contribution in [2.75, 3.05) is 46.3 Å². The molecule has 2 fully saturated rings. The fourth-order valence-electron chi connectivity index (χ4n) is 2.89. The summed E-state index contributed by atoms with van der Waals surface area (Å²) in [6.45, 7) is 12.2. The molecule has 2 aliphatic rings. The summed E-state index contributed by atoms with van der Waals surface area (Å²) in [6, 6.07) is 0.833. The Morgan fingerprint density at radius 3 is 2.50 bits per heavy atom. The van der Waals surface area contributed by atoms with E-state index >= 15 is 0 Å². The monoisotopic (exact) mass is 253 g/mol. The lowest BCUT2D eigenvalue weighted by Crippen LogP contribution is -2.41. The minimum absolute atomic E-state index is 0.391. The Hall–Kier alpha value is -0.120. The van der Waals surface area contributed by atoms with Gasteiger partial charge in [0.1, 0.15) is 0 Å². The standard InChI is InChI=1S/C15H31N3/c1-15(2,12-16-14-6-7-14)13-17(3)10-11-18-8-4-5-9-18/h14,16H,4-13H2,1-3H3. The summed E-state index contributed by atoms with van der Waals surface area (Å²) in [5, 5.41) is 3.66. The molecule has 1 aliphatic carbocycles. The Balaban J connectivity index is 1.59. The summed E-state index contributed by atoms with van der Waals surface area (Å²) in [6.07, 6.45) is 5.59. The number of likely N-dealkylation sites (tertiary alicyclic amines) is 1. The van der Waals surface area contributed by atoms with E-state index in [0.29, 0.717) is 5.41 Å². The molecule has 106 valence electrons. The molecule has 1 saturated carbocycles. The van der Waals surface area contributed by atoms with Crippen LogP contribution in [-0.2, 0) is 0 Å². The molecule has 0 aromatic carbocycles. The van der Waals surface area contributed by atoms with Crippen LogP contribution in [0.25, 0.3) is 0 Å². The van der Waals surface area contributed by atoms with Crippen molar-refractivity contribution >= 4 is 0 Å². The lowest BCUT2D eigenvalue weighted by Gasteiger charge is -2.31. The fourth-order valence-corrected chi connectivity index (χ4v) is 2.89. The fraction of sp³-hybridized carbons (Fsp3) is 1.00. The van der Waals surface area contributed by atoms with Gasteiger partial charge in [0.05, 0.1) is 0 Å². The van der Waals surface area contributed by atoms with Gasteiger partial charge >= 0.3 is 0 Å². The van der Waals surface area contributed by atoms with Crippen LogP contribution in [0.4, 0.5) is 0 Å². The highest BCUT2D eigenvalue weighted by atomic mass is 15.2. The van der Waals surface area contributed by atoms with E-state index in [2.05, 4.69) is 36.0 Å². The molecule has 0 spiro atoms. The highest BCUT2D eigenvalue weighted by molar-refractivity contribution is 4.85. The summed E-state index contributed by atoms with van der Waals surface area (Å²) in [4.78, 5) is 5.11. The SMILES string of the molecule is CN(CCN1CCCC1)CC(C)(C)CNC1CC1. The van der Waals surface area contributed by atoms with Gasteiger partial charge in [-0.1, -0.05) is 13.8 Å². The molecule has 0 aromatic heterocycles. The zero-order valence-electron chi connectivity index (χ0n) is 12.5. The number of hydrogen-bond donors (Lipinski definition) is 1. The number of nitrogens with one attached hydrogen (secondary N) is 1. The van der Waals surface area contributed by atoms with Crippen molar-refractivity contribution in [1.82, 2.24) is 15.1 Å². The van der Waals surface area contributed by atoms with Gasteiger partial charge in [0.25, 0.3) is 0 Å². The van der Waals surface area contributed by atoms with Gasteiger partial charge < -0.3 is 15.1 Å². The molecule has 3 nitrogen and oxygen atoms in total. The van der Waals surface area contributed by atoms with Crippen molar-refractivity contribution < 1.29 is 0 Å². The van der Waals surface area contributed by atoms with Crippen molar-refractivity contribution in [3.8, 4) is 0 Å². The van der Waals surface area contributed by atoms with E-state index in [0.717, 1.165) is 12.6 Å². The number of rotatable bonds is 8. The quantitative estimate of drug-likeness (QED) is 0.711. The van der Waals surface area contributed by atoms with E-state index in [-0.39, 0.29) is 0 Å². The van der Waals surface area contributed by atoms with Gasteiger partial charge in [0.2, 0.25) is 0 Å². The summed E-state index contributed by atoms with van der Waals surface area (Å²) in [7, 11) is 2.27. The highest BCUT2D eigenvalue weighted by Crippen LogP contribution is 2.22. The van der Waals surface area contributed by atoms with Gasteiger partial charge in [0.15, 0.2) is 0 Å². The largest absolute Gasteiger partial charge is 0.313 e. The molecular weight excluding hydrogens is 222 g/mol. The predicted molar refractivity (Wildman–Crippen MR) is 78.0 cm³/mol. The molecule has 0 atom stereocenters. The molecule has 0 radical (unpaired) electrons. The molecule has 1 N–H and O–H groups in total. The Morgan fingerprint density at radius 2 is 1.89 bits per heavy atom. The first-order valence-electron chi connectivity index (χ1n) is 7.69. The Bertz CT molecular complexity index is 242. The number of likely N-dealkylation sites (N-methyl/N-ethyl adjacent to an activating group) is 1. The van der Waals surface area contributed by atoms with E-state index in [4.69, 9.17) is 0 Å². The molecule has 0 bridgehead atoms. The number of hydrogen-bond acceptors (Lipinski definition) is 3. The van der Waals surface area contributed by atoms with E-state index < -0.39 is 0 Å². The average molecular weight is 253 g/mol. The minimum Gasteiger partial charge on any atom is -0.313 e. The third kappa shape index (κ3) is 5.25. The smallest absolute Gasteiger partial charge is 0.0109 e. The van der Waals surface area contributed by atoms with E-state index in [9.17, 15) is 0 Å². The van der Waals surface area contributed by atoms with Crippen LogP contribution in [0.2, 0.25) is 0 Å². The molecule has 3 heteroatoms. The van der Waals surface area contributed by atoms with Crippen molar-refractivity contribution in [2.24, 2.45) is 5.41 Å². The Kier molecular flexibility index (Phi) is 5.05. The summed E-state index contributed by atoms with van der Waals surface area (Å²) in [5.74, 6) is 0.